The first-order valence-corrected chi connectivity index (χ1v) is 16.4. The van der Waals surface area contributed by atoms with Crippen LogP contribution < -0.4 is 0 Å². The predicted molar refractivity (Wildman–Crippen MR) is 195 cm³/mol. The summed E-state index contributed by atoms with van der Waals surface area (Å²) in [6.45, 7) is 15.4. The highest BCUT2D eigenvalue weighted by Gasteiger charge is 2.07. The maximum atomic E-state index is 10.6. The second kappa shape index (κ2) is 36.2. The van der Waals surface area contributed by atoms with Gasteiger partial charge in [0.25, 0.3) is 6.48 Å². The van der Waals surface area contributed by atoms with Gasteiger partial charge < -0.3 is 23.7 Å². The van der Waals surface area contributed by atoms with Crippen molar-refractivity contribution in [2.24, 2.45) is 0 Å². The maximum absolute atomic E-state index is 10.6. The summed E-state index contributed by atoms with van der Waals surface area (Å²) in [5.41, 5.74) is 3.52. The molecule has 2 unspecified atom stereocenters. The van der Waals surface area contributed by atoms with Gasteiger partial charge in [-0.2, -0.15) is 0 Å². The summed E-state index contributed by atoms with van der Waals surface area (Å²) in [6, 6.07) is 22.8. The second-order valence-electron chi connectivity index (χ2n) is 7.66. The highest BCUT2D eigenvalue weighted by atomic mass is 79.9. The molecule has 0 aliphatic carbocycles. The van der Waals surface area contributed by atoms with E-state index >= 15 is 0 Å². The van der Waals surface area contributed by atoms with E-state index in [0.717, 1.165) is 27.1 Å². The Morgan fingerprint density at radius 3 is 1.13 bits per heavy atom. The van der Waals surface area contributed by atoms with Crippen LogP contribution in [0.1, 0.15) is 99.4 Å². The van der Waals surface area contributed by atoms with E-state index in [9.17, 15) is 9.59 Å². The lowest BCUT2D eigenvalue weighted by molar-refractivity contribution is -0.252. The Labute approximate surface area is 290 Å². The lowest BCUT2D eigenvalue weighted by Gasteiger charge is -2.11. The van der Waals surface area contributed by atoms with Gasteiger partial charge in [-0.1, -0.05) is 134 Å². The average Bonchev–Trinajstić information content (AvgIpc) is 3.12. The monoisotopic (exact) mass is 758 g/mol. The van der Waals surface area contributed by atoms with Crippen LogP contribution in [0.5, 0.6) is 0 Å². The van der Waals surface area contributed by atoms with Crippen molar-refractivity contribution in [1.29, 1.82) is 0 Å². The SMILES string of the molecule is CC.CC.CC.COC(C)c1ccccc1Br.COC(C)c1ccccc1C=O.COC(OC)OC.O=Cc1ccccc1Br. The maximum Gasteiger partial charge on any atom is 0.270 e. The summed E-state index contributed by atoms with van der Waals surface area (Å²) in [4.78, 5) is 20.8. The number of halogens is 2. The van der Waals surface area contributed by atoms with Gasteiger partial charge in [0.2, 0.25) is 0 Å². The van der Waals surface area contributed by atoms with Crippen LogP contribution in [0.25, 0.3) is 0 Å². The number of carbonyl (C=O) groups is 2. The molecule has 0 N–H and O–H groups in total. The average molecular weight is 761 g/mol. The number of benzene rings is 3. The van der Waals surface area contributed by atoms with Crippen molar-refractivity contribution < 1.29 is 33.3 Å². The Morgan fingerprint density at radius 2 is 0.822 bits per heavy atom. The van der Waals surface area contributed by atoms with E-state index in [1.807, 2.05) is 110 Å². The van der Waals surface area contributed by atoms with Gasteiger partial charge >= 0.3 is 0 Å². The second-order valence-corrected chi connectivity index (χ2v) is 9.37. The van der Waals surface area contributed by atoms with Crippen LogP contribution >= 0.6 is 31.9 Å². The molecule has 7 nitrogen and oxygen atoms in total. The van der Waals surface area contributed by atoms with Gasteiger partial charge in [-0.25, -0.2) is 0 Å². The zero-order valence-corrected chi connectivity index (χ0v) is 32.6. The largest absolute Gasteiger partial charge is 0.377 e. The number of hydrogen-bond acceptors (Lipinski definition) is 7. The van der Waals surface area contributed by atoms with Gasteiger partial charge in [-0.05, 0) is 37.1 Å². The van der Waals surface area contributed by atoms with Crippen molar-refractivity contribution in [3.8, 4) is 0 Å². The van der Waals surface area contributed by atoms with Crippen molar-refractivity contribution >= 4 is 44.4 Å². The summed E-state index contributed by atoms with van der Waals surface area (Å²) in [7, 11) is 7.88. The van der Waals surface area contributed by atoms with Crippen LogP contribution in [-0.4, -0.2) is 54.6 Å². The van der Waals surface area contributed by atoms with Gasteiger partial charge in [0.05, 0.1) is 12.2 Å². The van der Waals surface area contributed by atoms with Crippen molar-refractivity contribution in [3.05, 3.63) is 104 Å². The summed E-state index contributed by atoms with van der Waals surface area (Å²) in [6.07, 6.45) is 1.81. The van der Waals surface area contributed by atoms with E-state index in [1.54, 1.807) is 26.4 Å². The topological polar surface area (TPSA) is 80.3 Å². The number of aldehydes is 2. The Morgan fingerprint density at radius 1 is 0.489 bits per heavy atom. The molecule has 0 aliphatic heterocycles. The Bertz CT molecular complexity index is 1070. The van der Waals surface area contributed by atoms with E-state index in [4.69, 9.17) is 9.47 Å². The molecule has 0 fully saturated rings. The molecule has 0 aliphatic rings. The van der Waals surface area contributed by atoms with Crippen molar-refractivity contribution in [2.75, 3.05) is 35.5 Å². The van der Waals surface area contributed by atoms with Crippen molar-refractivity contribution in [2.45, 2.75) is 74.1 Å². The Hall–Kier alpha value is -2.24. The highest BCUT2D eigenvalue weighted by molar-refractivity contribution is 9.10. The van der Waals surface area contributed by atoms with Crippen LogP contribution in [0.3, 0.4) is 0 Å². The molecule has 0 saturated carbocycles. The van der Waals surface area contributed by atoms with Crippen molar-refractivity contribution in [3.63, 3.8) is 0 Å². The molecule has 0 saturated heterocycles. The lowest BCUT2D eigenvalue weighted by atomic mass is 10.0. The molecule has 256 valence electrons. The summed E-state index contributed by atoms with van der Waals surface area (Å²) in [5, 5.41) is 0. The van der Waals surface area contributed by atoms with Gasteiger partial charge in [-0.3, -0.25) is 9.59 Å². The molecule has 3 rings (SSSR count). The molecular formula is C36H56Br2O7. The first kappa shape index (κ1) is 49.6. The van der Waals surface area contributed by atoms with Crippen LogP contribution in [0.4, 0.5) is 0 Å². The minimum atomic E-state index is -0.514. The third kappa shape index (κ3) is 23.7. The fraction of sp³-hybridized carbons (Fsp3) is 0.444. The molecule has 9 heteroatoms. The number of ether oxygens (including phenoxy) is 5. The molecule has 0 heterocycles. The Kier molecular flexibility index (Phi) is 40.0. The molecule has 0 spiro atoms. The summed E-state index contributed by atoms with van der Waals surface area (Å²) >= 11 is 6.68. The third-order valence-corrected chi connectivity index (χ3v) is 6.67. The Balaban J connectivity index is -0.000000239. The minimum absolute atomic E-state index is 0.0219. The van der Waals surface area contributed by atoms with Crippen LogP contribution in [0.2, 0.25) is 0 Å². The molecule has 0 aromatic heterocycles. The molecule has 0 bridgehead atoms. The van der Waals surface area contributed by atoms with Crippen LogP contribution in [0, 0.1) is 0 Å². The van der Waals surface area contributed by atoms with Gasteiger partial charge in [-0.15, -0.1) is 0 Å². The third-order valence-electron chi connectivity index (χ3n) is 5.22. The quantitative estimate of drug-likeness (QED) is 0.159. The van der Waals surface area contributed by atoms with Crippen LogP contribution in [-0.2, 0) is 23.7 Å². The van der Waals surface area contributed by atoms with Gasteiger partial charge in [0.15, 0.2) is 6.29 Å². The summed E-state index contributed by atoms with van der Waals surface area (Å²) < 4.78 is 26.1. The molecule has 0 radical (unpaired) electrons. The van der Waals surface area contributed by atoms with Gasteiger partial charge in [0, 0.05) is 55.6 Å². The minimum Gasteiger partial charge on any atom is -0.377 e. The molecule has 3 aromatic rings. The zero-order chi connectivity index (χ0) is 35.6. The zero-order valence-electron chi connectivity index (χ0n) is 29.4. The fourth-order valence-electron chi connectivity index (χ4n) is 2.91. The number of rotatable bonds is 9. The fourth-order valence-corrected chi connectivity index (χ4v) is 3.89. The van der Waals surface area contributed by atoms with Crippen molar-refractivity contribution in [1.82, 2.24) is 0 Å². The highest BCUT2D eigenvalue weighted by Crippen LogP contribution is 2.24. The van der Waals surface area contributed by atoms with E-state index in [1.165, 1.54) is 26.9 Å². The smallest absolute Gasteiger partial charge is 0.270 e. The summed E-state index contributed by atoms with van der Waals surface area (Å²) in [5.74, 6) is 0. The van der Waals surface area contributed by atoms with E-state index in [0.29, 0.717) is 11.1 Å². The standard InChI is InChI=1S/C10H12O2.C9H11BrO.C7H5BrO.C4H10O3.3C2H6/c1-8(12-2)10-6-4-3-5-9(10)7-11;1-7(11-2)8-5-3-4-6-9(8)10;8-7-4-2-1-3-6(7)5-9;1-5-4(6-2)7-3;3*1-2/h3-8H,1-2H3;3-7H,1-2H3;1-5H;4H,1-3H3;3*1-2H3. The normalized spacial score (nSPS) is 10.3. The lowest BCUT2D eigenvalue weighted by Crippen LogP contribution is -2.14. The number of carbonyl (C=O) groups excluding carboxylic acids is 2. The molecule has 3 aromatic carbocycles. The van der Waals surface area contributed by atoms with E-state index < -0.39 is 6.48 Å². The molecule has 45 heavy (non-hydrogen) atoms. The molecule has 0 amide bonds. The van der Waals surface area contributed by atoms with Crippen LogP contribution in [0.15, 0.2) is 81.7 Å². The number of methoxy groups -OCH3 is 5. The predicted octanol–water partition coefficient (Wildman–Crippen LogP) is 10.9. The first-order chi connectivity index (χ1) is 21.7. The molecular weight excluding hydrogens is 704 g/mol. The van der Waals surface area contributed by atoms with Gasteiger partial charge in [0.1, 0.15) is 6.29 Å². The first-order valence-electron chi connectivity index (χ1n) is 14.9. The van der Waals surface area contributed by atoms with E-state index in [-0.39, 0.29) is 12.2 Å². The number of hydrogen-bond donors (Lipinski definition) is 0. The van der Waals surface area contributed by atoms with E-state index in [2.05, 4.69) is 52.1 Å². The molecule has 2 atom stereocenters.